The first-order valence-corrected chi connectivity index (χ1v) is 7.38. The summed E-state index contributed by atoms with van der Waals surface area (Å²) in [4.78, 5) is 0. The normalized spacial score (nSPS) is 10.8. The van der Waals surface area contributed by atoms with Crippen LogP contribution >= 0.6 is 0 Å². The van der Waals surface area contributed by atoms with Crippen LogP contribution in [0, 0.1) is 5.82 Å². The van der Waals surface area contributed by atoms with Crippen LogP contribution < -0.4 is 5.73 Å². The second-order valence-corrected chi connectivity index (χ2v) is 5.18. The lowest BCUT2D eigenvalue weighted by molar-refractivity contribution is 0.627. The predicted molar refractivity (Wildman–Crippen MR) is 86.3 cm³/mol. The van der Waals surface area contributed by atoms with E-state index in [0.717, 1.165) is 35.3 Å². The predicted octanol–water partition coefficient (Wildman–Crippen LogP) is 3.57. The second-order valence-electron chi connectivity index (χ2n) is 5.18. The van der Waals surface area contributed by atoms with Gasteiger partial charge in [-0.1, -0.05) is 30.3 Å². The monoisotopic (exact) mass is 295 g/mol. The summed E-state index contributed by atoms with van der Waals surface area (Å²) in [6.07, 6.45) is 3.79. The summed E-state index contributed by atoms with van der Waals surface area (Å²) in [6.45, 7) is 0.649. The van der Waals surface area contributed by atoms with Crippen LogP contribution in [0.3, 0.4) is 0 Å². The van der Waals surface area contributed by atoms with Gasteiger partial charge < -0.3 is 5.73 Å². The maximum atomic E-state index is 13.1. The van der Waals surface area contributed by atoms with Gasteiger partial charge in [0.1, 0.15) is 5.82 Å². The number of hydrogen-bond acceptors (Lipinski definition) is 2. The first-order chi connectivity index (χ1) is 10.8. The molecule has 0 aliphatic rings. The fourth-order valence-electron chi connectivity index (χ4n) is 2.45. The zero-order valence-electron chi connectivity index (χ0n) is 12.2. The number of hydrogen-bond donors (Lipinski definition) is 1. The standard InChI is InChI=1S/C18H18FN3/c19-16-8-10-17(11-9-16)22-13-15(7-4-12-20)18(21-22)14-5-2-1-3-6-14/h1-3,5-6,8-11,13H,4,7,12,20H2. The summed E-state index contributed by atoms with van der Waals surface area (Å²) in [5.74, 6) is -0.248. The van der Waals surface area contributed by atoms with E-state index in [-0.39, 0.29) is 5.82 Å². The summed E-state index contributed by atoms with van der Waals surface area (Å²) in [5.41, 5.74) is 9.67. The van der Waals surface area contributed by atoms with Gasteiger partial charge in [-0.05, 0) is 49.2 Å². The van der Waals surface area contributed by atoms with Gasteiger partial charge in [-0.2, -0.15) is 5.10 Å². The van der Waals surface area contributed by atoms with Crippen molar-refractivity contribution in [2.45, 2.75) is 12.8 Å². The molecule has 0 amide bonds. The fourth-order valence-corrected chi connectivity index (χ4v) is 2.45. The van der Waals surface area contributed by atoms with Crippen LogP contribution in [0.4, 0.5) is 4.39 Å². The smallest absolute Gasteiger partial charge is 0.123 e. The van der Waals surface area contributed by atoms with Gasteiger partial charge in [0.15, 0.2) is 0 Å². The Morgan fingerprint density at radius 2 is 1.73 bits per heavy atom. The molecule has 0 aliphatic heterocycles. The lowest BCUT2D eigenvalue weighted by Crippen LogP contribution is -2.00. The molecule has 22 heavy (non-hydrogen) atoms. The topological polar surface area (TPSA) is 43.8 Å². The third-order valence-corrected chi connectivity index (χ3v) is 3.58. The Morgan fingerprint density at radius 3 is 2.41 bits per heavy atom. The van der Waals surface area contributed by atoms with E-state index in [2.05, 4.69) is 5.10 Å². The summed E-state index contributed by atoms with van der Waals surface area (Å²) < 4.78 is 14.9. The SMILES string of the molecule is NCCCc1cn(-c2ccc(F)cc2)nc1-c1ccccc1. The van der Waals surface area contributed by atoms with E-state index < -0.39 is 0 Å². The molecule has 0 atom stereocenters. The van der Waals surface area contributed by atoms with E-state index in [0.29, 0.717) is 6.54 Å². The molecule has 2 aromatic carbocycles. The highest BCUT2D eigenvalue weighted by molar-refractivity contribution is 5.63. The Kier molecular flexibility index (Phi) is 4.30. The van der Waals surface area contributed by atoms with E-state index in [1.807, 2.05) is 36.5 Å². The highest BCUT2D eigenvalue weighted by atomic mass is 19.1. The number of nitrogens with zero attached hydrogens (tertiary/aromatic N) is 2. The number of rotatable bonds is 5. The molecule has 0 saturated heterocycles. The van der Waals surface area contributed by atoms with E-state index in [4.69, 9.17) is 5.73 Å². The van der Waals surface area contributed by atoms with E-state index in [1.165, 1.54) is 12.1 Å². The van der Waals surface area contributed by atoms with Crippen LogP contribution in [-0.4, -0.2) is 16.3 Å². The lowest BCUT2D eigenvalue weighted by atomic mass is 10.0. The minimum absolute atomic E-state index is 0.248. The zero-order chi connectivity index (χ0) is 15.4. The number of nitrogens with two attached hydrogens (primary N) is 1. The van der Waals surface area contributed by atoms with Crippen molar-refractivity contribution in [2.24, 2.45) is 5.73 Å². The molecule has 3 aromatic rings. The molecule has 1 heterocycles. The molecule has 3 nitrogen and oxygen atoms in total. The van der Waals surface area contributed by atoms with Gasteiger partial charge in [0.05, 0.1) is 11.4 Å². The average molecular weight is 295 g/mol. The molecule has 4 heteroatoms. The van der Waals surface area contributed by atoms with Gasteiger partial charge in [-0.3, -0.25) is 0 Å². The molecule has 0 bridgehead atoms. The molecular weight excluding hydrogens is 277 g/mol. The van der Waals surface area contributed by atoms with Gasteiger partial charge in [-0.25, -0.2) is 9.07 Å². The Bertz CT molecular complexity index is 733. The Hall–Kier alpha value is -2.46. The zero-order valence-corrected chi connectivity index (χ0v) is 12.2. The molecule has 0 unspecified atom stereocenters. The molecule has 0 saturated carbocycles. The lowest BCUT2D eigenvalue weighted by Gasteiger charge is -2.01. The van der Waals surface area contributed by atoms with E-state index in [1.54, 1.807) is 16.8 Å². The van der Waals surface area contributed by atoms with Crippen LogP contribution in [0.15, 0.2) is 60.8 Å². The van der Waals surface area contributed by atoms with Crippen LogP contribution in [0.25, 0.3) is 16.9 Å². The van der Waals surface area contributed by atoms with Gasteiger partial charge in [-0.15, -0.1) is 0 Å². The molecule has 0 spiro atoms. The van der Waals surface area contributed by atoms with Crippen molar-refractivity contribution >= 4 is 0 Å². The number of aromatic nitrogens is 2. The molecule has 1 aromatic heterocycles. The first kappa shape index (κ1) is 14.5. The minimum Gasteiger partial charge on any atom is -0.330 e. The maximum Gasteiger partial charge on any atom is 0.123 e. The van der Waals surface area contributed by atoms with Crippen molar-refractivity contribution in [3.63, 3.8) is 0 Å². The second kappa shape index (κ2) is 6.54. The quantitative estimate of drug-likeness (QED) is 0.782. The van der Waals surface area contributed by atoms with Crippen molar-refractivity contribution in [3.8, 4) is 16.9 Å². The van der Waals surface area contributed by atoms with Crippen molar-refractivity contribution < 1.29 is 4.39 Å². The van der Waals surface area contributed by atoms with E-state index >= 15 is 0 Å². The van der Waals surface area contributed by atoms with Crippen LogP contribution in [0.1, 0.15) is 12.0 Å². The van der Waals surface area contributed by atoms with Crippen molar-refractivity contribution in [1.82, 2.24) is 9.78 Å². The van der Waals surface area contributed by atoms with Crippen molar-refractivity contribution in [2.75, 3.05) is 6.54 Å². The highest BCUT2D eigenvalue weighted by Gasteiger charge is 2.11. The third kappa shape index (κ3) is 3.07. The maximum absolute atomic E-state index is 13.1. The first-order valence-electron chi connectivity index (χ1n) is 7.38. The number of aryl methyl sites for hydroxylation is 1. The molecule has 0 radical (unpaired) electrons. The summed E-state index contributed by atoms with van der Waals surface area (Å²) in [5, 5.41) is 4.69. The molecule has 0 aliphatic carbocycles. The summed E-state index contributed by atoms with van der Waals surface area (Å²) in [6, 6.07) is 16.4. The minimum atomic E-state index is -0.248. The highest BCUT2D eigenvalue weighted by Crippen LogP contribution is 2.24. The molecule has 3 rings (SSSR count). The third-order valence-electron chi connectivity index (χ3n) is 3.58. The van der Waals surface area contributed by atoms with Crippen LogP contribution in [-0.2, 0) is 6.42 Å². The largest absolute Gasteiger partial charge is 0.330 e. The van der Waals surface area contributed by atoms with E-state index in [9.17, 15) is 4.39 Å². The summed E-state index contributed by atoms with van der Waals surface area (Å²) >= 11 is 0. The Balaban J connectivity index is 2.02. The van der Waals surface area contributed by atoms with Gasteiger partial charge in [0.2, 0.25) is 0 Å². The number of halogens is 1. The van der Waals surface area contributed by atoms with Gasteiger partial charge in [0.25, 0.3) is 0 Å². The molecule has 112 valence electrons. The fraction of sp³-hybridized carbons (Fsp3) is 0.167. The Labute approximate surface area is 129 Å². The van der Waals surface area contributed by atoms with Gasteiger partial charge >= 0.3 is 0 Å². The van der Waals surface area contributed by atoms with Crippen molar-refractivity contribution in [1.29, 1.82) is 0 Å². The number of benzene rings is 2. The molecular formula is C18H18FN3. The van der Waals surface area contributed by atoms with Crippen LogP contribution in [0.2, 0.25) is 0 Å². The Morgan fingerprint density at radius 1 is 1.00 bits per heavy atom. The van der Waals surface area contributed by atoms with Crippen molar-refractivity contribution in [3.05, 3.63) is 72.2 Å². The summed E-state index contributed by atoms with van der Waals surface area (Å²) in [7, 11) is 0. The van der Waals surface area contributed by atoms with Gasteiger partial charge in [0, 0.05) is 11.8 Å². The molecule has 0 fully saturated rings. The van der Waals surface area contributed by atoms with Crippen LogP contribution in [0.5, 0.6) is 0 Å². The average Bonchev–Trinajstić information content (AvgIpc) is 2.98. The molecule has 2 N–H and O–H groups in total.